The summed E-state index contributed by atoms with van der Waals surface area (Å²) in [7, 11) is 0. The van der Waals surface area contributed by atoms with Gasteiger partial charge in [0.1, 0.15) is 11.6 Å². The zero-order valence-electron chi connectivity index (χ0n) is 12.5. The number of likely N-dealkylation sites (tertiary alicyclic amines) is 1. The summed E-state index contributed by atoms with van der Waals surface area (Å²) in [5, 5.41) is 0. The van der Waals surface area contributed by atoms with Crippen LogP contribution in [-0.2, 0) is 6.54 Å². The molecule has 2 N–H and O–H groups in total. The number of benzene rings is 1. The molecular weight excluding hydrogens is 283 g/mol. The number of rotatable bonds is 3. The van der Waals surface area contributed by atoms with E-state index in [-0.39, 0.29) is 30.2 Å². The average Bonchev–Trinajstić information content (AvgIpc) is 3.14. The van der Waals surface area contributed by atoms with Crippen molar-refractivity contribution in [3.05, 3.63) is 59.3 Å². The minimum absolute atomic E-state index is 0.114. The molecule has 0 spiro atoms. The number of carbonyl (C=O) groups excluding carboxylic acids is 1. The highest BCUT2D eigenvalue weighted by Gasteiger charge is 2.34. The molecule has 2 heterocycles. The zero-order valence-corrected chi connectivity index (χ0v) is 12.5. The molecule has 1 aliphatic rings. The van der Waals surface area contributed by atoms with Gasteiger partial charge in [0.15, 0.2) is 5.76 Å². The van der Waals surface area contributed by atoms with Crippen molar-refractivity contribution in [1.29, 1.82) is 0 Å². The van der Waals surface area contributed by atoms with E-state index in [0.29, 0.717) is 18.1 Å². The second kappa shape index (κ2) is 5.93. The van der Waals surface area contributed by atoms with E-state index >= 15 is 0 Å². The van der Waals surface area contributed by atoms with E-state index in [2.05, 4.69) is 0 Å². The third-order valence-corrected chi connectivity index (χ3v) is 4.25. The molecule has 1 aliphatic heterocycles. The van der Waals surface area contributed by atoms with Gasteiger partial charge in [-0.25, -0.2) is 4.39 Å². The Morgan fingerprint density at radius 1 is 1.32 bits per heavy atom. The van der Waals surface area contributed by atoms with Crippen LogP contribution in [0, 0.1) is 5.82 Å². The molecule has 116 valence electrons. The zero-order chi connectivity index (χ0) is 15.7. The molecule has 1 fully saturated rings. The van der Waals surface area contributed by atoms with Crippen molar-refractivity contribution >= 4 is 5.91 Å². The number of hydrogen-bond acceptors (Lipinski definition) is 3. The van der Waals surface area contributed by atoms with E-state index < -0.39 is 0 Å². The summed E-state index contributed by atoms with van der Waals surface area (Å²) in [4.78, 5) is 14.4. The molecule has 22 heavy (non-hydrogen) atoms. The standard InChI is InChI=1S/C17H19FN2O2/c1-11-8-13(12-2-4-14(18)5-3-12)10-20(11)17(21)16-7-6-15(9-19)22-16/h2-7,11,13H,8-10,19H2,1H3/t11-,13+/m0/s1. The Morgan fingerprint density at radius 2 is 2.05 bits per heavy atom. The lowest BCUT2D eigenvalue weighted by atomic mass is 9.97. The fourth-order valence-electron chi connectivity index (χ4n) is 3.03. The first-order valence-electron chi connectivity index (χ1n) is 7.43. The Labute approximate surface area is 128 Å². The minimum atomic E-state index is -0.243. The van der Waals surface area contributed by atoms with Crippen LogP contribution in [0.3, 0.4) is 0 Å². The van der Waals surface area contributed by atoms with Crippen LogP contribution in [0.1, 0.15) is 41.1 Å². The molecule has 4 nitrogen and oxygen atoms in total. The molecule has 1 aromatic heterocycles. The first kappa shape index (κ1) is 14.8. The van der Waals surface area contributed by atoms with Gasteiger partial charge in [0, 0.05) is 18.5 Å². The van der Waals surface area contributed by atoms with Crippen molar-refractivity contribution in [1.82, 2.24) is 4.90 Å². The monoisotopic (exact) mass is 302 g/mol. The molecule has 1 saturated heterocycles. The number of furan rings is 1. The van der Waals surface area contributed by atoms with Crippen LogP contribution in [-0.4, -0.2) is 23.4 Å². The van der Waals surface area contributed by atoms with Gasteiger partial charge in [-0.2, -0.15) is 0 Å². The molecule has 0 bridgehead atoms. The van der Waals surface area contributed by atoms with Crippen LogP contribution in [0.25, 0.3) is 0 Å². The van der Waals surface area contributed by atoms with Crippen LogP contribution in [0.2, 0.25) is 0 Å². The summed E-state index contributed by atoms with van der Waals surface area (Å²) in [6, 6.07) is 10.0. The first-order valence-corrected chi connectivity index (χ1v) is 7.43. The van der Waals surface area contributed by atoms with Gasteiger partial charge in [-0.05, 0) is 43.2 Å². The van der Waals surface area contributed by atoms with Gasteiger partial charge in [0.25, 0.3) is 5.91 Å². The number of carbonyl (C=O) groups is 1. The van der Waals surface area contributed by atoms with Crippen molar-refractivity contribution in [3.63, 3.8) is 0 Å². The Kier molecular flexibility index (Phi) is 3.98. The number of halogens is 1. The van der Waals surface area contributed by atoms with Gasteiger partial charge in [-0.15, -0.1) is 0 Å². The molecule has 0 unspecified atom stereocenters. The van der Waals surface area contributed by atoms with Crippen LogP contribution >= 0.6 is 0 Å². The van der Waals surface area contributed by atoms with Crippen molar-refractivity contribution in [2.75, 3.05) is 6.54 Å². The second-order valence-corrected chi connectivity index (χ2v) is 5.76. The Bertz CT molecular complexity index is 666. The molecule has 1 aromatic carbocycles. The van der Waals surface area contributed by atoms with Gasteiger partial charge in [0.05, 0.1) is 6.54 Å². The van der Waals surface area contributed by atoms with E-state index in [1.807, 2.05) is 11.8 Å². The lowest BCUT2D eigenvalue weighted by Gasteiger charge is -2.20. The van der Waals surface area contributed by atoms with Gasteiger partial charge < -0.3 is 15.1 Å². The van der Waals surface area contributed by atoms with Crippen molar-refractivity contribution in [2.45, 2.75) is 31.8 Å². The summed E-state index contributed by atoms with van der Waals surface area (Å²) >= 11 is 0. The normalized spacial score (nSPS) is 21.3. The Hall–Kier alpha value is -2.14. The van der Waals surface area contributed by atoms with Gasteiger partial charge in [0.2, 0.25) is 0 Å². The summed E-state index contributed by atoms with van der Waals surface area (Å²) in [6.07, 6.45) is 0.863. The highest BCUT2D eigenvalue weighted by atomic mass is 19.1. The maximum Gasteiger partial charge on any atom is 0.289 e. The third-order valence-electron chi connectivity index (χ3n) is 4.25. The summed E-state index contributed by atoms with van der Waals surface area (Å²) < 4.78 is 18.5. The van der Waals surface area contributed by atoms with E-state index in [0.717, 1.165) is 12.0 Å². The lowest BCUT2D eigenvalue weighted by Crippen LogP contribution is -2.33. The SMILES string of the molecule is C[C@H]1C[C@@H](c2ccc(F)cc2)CN1C(=O)c1ccc(CN)o1. The molecule has 1 amide bonds. The third kappa shape index (κ3) is 2.76. The van der Waals surface area contributed by atoms with E-state index in [1.54, 1.807) is 24.3 Å². The van der Waals surface area contributed by atoms with Crippen molar-refractivity contribution in [3.8, 4) is 0 Å². The number of nitrogens with zero attached hydrogens (tertiary/aromatic N) is 1. The summed E-state index contributed by atoms with van der Waals surface area (Å²) in [5.41, 5.74) is 6.57. The lowest BCUT2D eigenvalue weighted by molar-refractivity contribution is 0.0711. The molecule has 5 heteroatoms. The quantitative estimate of drug-likeness (QED) is 0.948. The smallest absolute Gasteiger partial charge is 0.289 e. The Morgan fingerprint density at radius 3 is 2.68 bits per heavy atom. The summed E-state index contributed by atoms with van der Waals surface area (Å²) in [5.74, 6) is 0.797. The van der Waals surface area contributed by atoms with Crippen molar-refractivity contribution in [2.24, 2.45) is 5.73 Å². The predicted molar refractivity (Wildman–Crippen MR) is 80.9 cm³/mol. The fourth-order valence-corrected chi connectivity index (χ4v) is 3.03. The maximum absolute atomic E-state index is 13.0. The molecule has 3 rings (SSSR count). The fraction of sp³-hybridized carbons (Fsp3) is 0.353. The van der Waals surface area contributed by atoms with E-state index in [1.165, 1.54) is 12.1 Å². The molecule has 2 aromatic rings. The van der Waals surface area contributed by atoms with E-state index in [9.17, 15) is 9.18 Å². The number of nitrogens with two attached hydrogens (primary N) is 1. The van der Waals surface area contributed by atoms with Crippen LogP contribution in [0.4, 0.5) is 4.39 Å². The topological polar surface area (TPSA) is 59.5 Å². The van der Waals surface area contributed by atoms with Crippen LogP contribution in [0.5, 0.6) is 0 Å². The number of amides is 1. The highest BCUT2D eigenvalue weighted by Crippen LogP contribution is 2.32. The van der Waals surface area contributed by atoms with Gasteiger partial charge in [-0.1, -0.05) is 12.1 Å². The maximum atomic E-state index is 13.0. The molecule has 0 aliphatic carbocycles. The second-order valence-electron chi connectivity index (χ2n) is 5.76. The van der Waals surface area contributed by atoms with Crippen molar-refractivity contribution < 1.29 is 13.6 Å². The van der Waals surface area contributed by atoms with Gasteiger partial charge in [-0.3, -0.25) is 4.79 Å². The Balaban J connectivity index is 1.75. The number of hydrogen-bond donors (Lipinski definition) is 1. The largest absolute Gasteiger partial charge is 0.455 e. The highest BCUT2D eigenvalue weighted by molar-refractivity contribution is 5.92. The molecule has 0 saturated carbocycles. The molecule has 0 radical (unpaired) electrons. The minimum Gasteiger partial charge on any atom is -0.455 e. The average molecular weight is 302 g/mol. The first-order chi connectivity index (χ1) is 10.6. The molecule has 2 atom stereocenters. The predicted octanol–water partition coefficient (Wildman–Crippen LogP) is 2.90. The van der Waals surface area contributed by atoms with Crippen LogP contribution in [0.15, 0.2) is 40.8 Å². The van der Waals surface area contributed by atoms with Crippen LogP contribution < -0.4 is 5.73 Å². The van der Waals surface area contributed by atoms with E-state index in [4.69, 9.17) is 10.2 Å². The molecular formula is C17H19FN2O2. The summed E-state index contributed by atoms with van der Waals surface area (Å²) in [6.45, 7) is 2.92. The van der Waals surface area contributed by atoms with Gasteiger partial charge >= 0.3 is 0 Å².